The summed E-state index contributed by atoms with van der Waals surface area (Å²) in [6.07, 6.45) is 3.45. The van der Waals surface area contributed by atoms with E-state index in [0.29, 0.717) is 0 Å². The van der Waals surface area contributed by atoms with Crippen LogP contribution < -0.4 is 0 Å². The van der Waals surface area contributed by atoms with Crippen LogP contribution in [0.1, 0.15) is 19.4 Å². The molecule has 0 fully saturated rings. The average molecular weight is 188 g/mol. The maximum atomic E-state index is 5.01. The molecule has 0 N–H and O–H groups in total. The van der Waals surface area contributed by atoms with Crippen LogP contribution in [0.15, 0.2) is 47.3 Å². The molecule has 0 aliphatic carbocycles. The van der Waals surface area contributed by atoms with Crippen LogP contribution >= 0.6 is 0 Å². The van der Waals surface area contributed by atoms with E-state index in [0.717, 1.165) is 5.56 Å². The van der Waals surface area contributed by atoms with Gasteiger partial charge in [-0.15, -0.1) is 0 Å². The first-order chi connectivity index (χ1) is 6.86. The van der Waals surface area contributed by atoms with Gasteiger partial charge in [-0.05, 0) is 18.6 Å². The maximum absolute atomic E-state index is 5.01. The molecule has 0 radical (unpaired) electrons. The van der Waals surface area contributed by atoms with Crippen molar-refractivity contribution >= 4 is 0 Å². The molecule has 1 aromatic carbocycles. The van der Waals surface area contributed by atoms with Crippen LogP contribution in [0.3, 0.4) is 0 Å². The predicted molar refractivity (Wildman–Crippen MR) is 60.2 cm³/mol. The van der Waals surface area contributed by atoms with E-state index >= 15 is 0 Å². The highest BCUT2D eigenvalue weighted by atomic mass is 16.3. The topological polar surface area (TPSA) is 13.1 Å². The molecule has 0 saturated carbocycles. The Morgan fingerprint density at radius 3 is 2.36 bits per heavy atom. The Kier molecular flexibility index (Phi) is 3.99. The third-order valence-electron chi connectivity index (χ3n) is 1.87. The molecule has 1 heterocycles. The van der Waals surface area contributed by atoms with Crippen molar-refractivity contribution in [2.75, 3.05) is 0 Å². The SMILES string of the molecule is CC.Cc1cccc(-c2ccoc2)c1. The average Bonchev–Trinajstić information content (AvgIpc) is 2.74. The van der Waals surface area contributed by atoms with Gasteiger partial charge in [-0.25, -0.2) is 0 Å². The van der Waals surface area contributed by atoms with Crippen LogP contribution in [0.4, 0.5) is 0 Å². The zero-order valence-corrected chi connectivity index (χ0v) is 8.95. The predicted octanol–water partition coefficient (Wildman–Crippen LogP) is 4.28. The number of rotatable bonds is 1. The number of aryl methyl sites for hydroxylation is 1. The molecule has 2 aromatic rings. The van der Waals surface area contributed by atoms with E-state index in [1.54, 1.807) is 12.5 Å². The standard InChI is InChI=1S/C11H10O.C2H6/c1-9-3-2-4-10(7-9)11-5-6-12-8-11;1-2/h2-8H,1H3;1-2H3. The smallest absolute Gasteiger partial charge is 0.0980 e. The monoisotopic (exact) mass is 188 g/mol. The van der Waals surface area contributed by atoms with Gasteiger partial charge in [0.05, 0.1) is 12.5 Å². The molecule has 0 unspecified atom stereocenters. The summed E-state index contributed by atoms with van der Waals surface area (Å²) in [7, 11) is 0. The molecule has 0 spiro atoms. The van der Waals surface area contributed by atoms with Crippen molar-refractivity contribution in [2.45, 2.75) is 20.8 Å². The van der Waals surface area contributed by atoms with Gasteiger partial charge in [-0.1, -0.05) is 43.7 Å². The van der Waals surface area contributed by atoms with Gasteiger partial charge in [0, 0.05) is 5.56 Å². The van der Waals surface area contributed by atoms with Crippen molar-refractivity contribution in [1.29, 1.82) is 0 Å². The lowest BCUT2D eigenvalue weighted by Crippen LogP contribution is -1.74. The van der Waals surface area contributed by atoms with Crippen molar-refractivity contribution in [3.8, 4) is 11.1 Å². The van der Waals surface area contributed by atoms with Gasteiger partial charge in [0.2, 0.25) is 0 Å². The van der Waals surface area contributed by atoms with E-state index in [4.69, 9.17) is 4.42 Å². The molecule has 1 nitrogen and oxygen atoms in total. The lowest BCUT2D eigenvalue weighted by atomic mass is 10.1. The second-order valence-corrected chi connectivity index (χ2v) is 2.88. The summed E-state index contributed by atoms with van der Waals surface area (Å²) in [5.41, 5.74) is 3.62. The van der Waals surface area contributed by atoms with E-state index < -0.39 is 0 Å². The van der Waals surface area contributed by atoms with Crippen molar-refractivity contribution in [3.63, 3.8) is 0 Å². The van der Waals surface area contributed by atoms with Gasteiger partial charge < -0.3 is 4.42 Å². The summed E-state index contributed by atoms with van der Waals surface area (Å²) >= 11 is 0. The highest BCUT2D eigenvalue weighted by molar-refractivity contribution is 5.62. The number of hydrogen-bond donors (Lipinski definition) is 0. The molecular weight excluding hydrogens is 172 g/mol. The summed E-state index contributed by atoms with van der Waals surface area (Å²) in [4.78, 5) is 0. The van der Waals surface area contributed by atoms with Crippen LogP contribution in [-0.2, 0) is 0 Å². The summed E-state index contributed by atoms with van der Waals surface area (Å²) in [6.45, 7) is 6.09. The molecule has 1 heteroatoms. The molecule has 0 amide bonds. The van der Waals surface area contributed by atoms with Crippen molar-refractivity contribution in [1.82, 2.24) is 0 Å². The van der Waals surface area contributed by atoms with Gasteiger partial charge in [0.15, 0.2) is 0 Å². The zero-order chi connectivity index (χ0) is 10.4. The highest BCUT2D eigenvalue weighted by Gasteiger charge is 1.97. The molecule has 1 aromatic heterocycles. The second-order valence-electron chi connectivity index (χ2n) is 2.88. The third kappa shape index (κ3) is 2.49. The van der Waals surface area contributed by atoms with Crippen molar-refractivity contribution in [2.24, 2.45) is 0 Å². The lowest BCUT2D eigenvalue weighted by molar-refractivity contribution is 0.568. The molecule has 0 bridgehead atoms. The Bertz CT molecular complexity index is 360. The molecule has 2 rings (SSSR count). The van der Waals surface area contributed by atoms with Gasteiger partial charge in [0.1, 0.15) is 0 Å². The zero-order valence-electron chi connectivity index (χ0n) is 8.95. The van der Waals surface area contributed by atoms with Crippen LogP contribution in [0, 0.1) is 6.92 Å². The minimum absolute atomic E-state index is 1.14. The first kappa shape index (κ1) is 10.6. The fourth-order valence-corrected chi connectivity index (χ4v) is 1.25. The normalized spacial score (nSPS) is 9.07. The highest BCUT2D eigenvalue weighted by Crippen LogP contribution is 2.19. The van der Waals surface area contributed by atoms with E-state index in [1.165, 1.54) is 11.1 Å². The van der Waals surface area contributed by atoms with Gasteiger partial charge in [0.25, 0.3) is 0 Å². The van der Waals surface area contributed by atoms with Gasteiger partial charge in [-0.2, -0.15) is 0 Å². The largest absolute Gasteiger partial charge is 0.472 e. The summed E-state index contributed by atoms with van der Waals surface area (Å²) < 4.78 is 5.01. The van der Waals surface area contributed by atoms with Gasteiger partial charge >= 0.3 is 0 Å². The van der Waals surface area contributed by atoms with E-state index in [-0.39, 0.29) is 0 Å². The Balaban J connectivity index is 0.000000461. The lowest BCUT2D eigenvalue weighted by Gasteiger charge is -1.97. The molecule has 0 aliphatic rings. The summed E-state index contributed by atoms with van der Waals surface area (Å²) in [5, 5.41) is 0. The van der Waals surface area contributed by atoms with Crippen LogP contribution in [0.2, 0.25) is 0 Å². The van der Waals surface area contributed by atoms with Gasteiger partial charge in [-0.3, -0.25) is 0 Å². The molecule has 14 heavy (non-hydrogen) atoms. The summed E-state index contributed by atoms with van der Waals surface area (Å²) in [6, 6.07) is 10.3. The molecule has 0 saturated heterocycles. The Morgan fingerprint density at radius 1 is 1.00 bits per heavy atom. The first-order valence-corrected chi connectivity index (χ1v) is 4.95. The Hall–Kier alpha value is -1.50. The number of benzene rings is 1. The van der Waals surface area contributed by atoms with Crippen molar-refractivity contribution in [3.05, 3.63) is 48.4 Å². The van der Waals surface area contributed by atoms with E-state index in [1.807, 2.05) is 19.9 Å². The number of furan rings is 1. The first-order valence-electron chi connectivity index (χ1n) is 4.95. The third-order valence-corrected chi connectivity index (χ3v) is 1.87. The Labute approximate surface area is 85.4 Å². The maximum Gasteiger partial charge on any atom is 0.0980 e. The molecule has 0 atom stereocenters. The van der Waals surface area contributed by atoms with Crippen LogP contribution in [-0.4, -0.2) is 0 Å². The van der Waals surface area contributed by atoms with E-state index in [9.17, 15) is 0 Å². The molecular formula is C13H16O. The fourth-order valence-electron chi connectivity index (χ4n) is 1.25. The minimum atomic E-state index is 1.14. The Morgan fingerprint density at radius 2 is 1.79 bits per heavy atom. The minimum Gasteiger partial charge on any atom is -0.472 e. The van der Waals surface area contributed by atoms with Crippen molar-refractivity contribution < 1.29 is 4.42 Å². The quantitative estimate of drug-likeness (QED) is 0.651. The summed E-state index contributed by atoms with van der Waals surface area (Å²) in [5.74, 6) is 0. The number of hydrogen-bond acceptors (Lipinski definition) is 1. The molecule has 74 valence electrons. The fraction of sp³-hybridized carbons (Fsp3) is 0.231. The molecule has 0 aliphatic heterocycles. The second kappa shape index (κ2) is 5.28. The van der Waals surface area contributed by atoms with Crippen LogP contribution in [0.5, 0.6) is 0 Å². The van der Waals surface area contributed by atoms with Crippen LogP contribution in [0.25, 0.3) is 11.1 Å². The van der Waals surface area contributed by atoms with E-state index in [2.05, 4.69) is 31.2 Å².